The predicted molar refractivity (Wildman–Crippen MR) is 199 cm³/mol. The number of nitrogens with one attached hydrogen (secondary N) is 1. The number of rotatable bonds is 9. The molecule has 246 valence electrons. The average molecular weight is 668 g/mol. The number of pyridine rings is 1. The van der Waals surface area contributed by atoms with Gasteiger partial charge in [0.15, 0.2) is 0 Å². The van der Waals surface area contributed by atoms with E-state index in [0.29, 0.717) is 27.8 Å². The van der Waals surface area contributed by atoms with Crippen molar-refractivity contribution in [2.24, 2.45) is 0 Å². The second kappa shape index (κ2) is 14.8. The maximum Gasteiger partial charge on any atom is 0.260 e. The highest BCUT2D eigenvalue weighted by atomic mass is 16.2. The van der Waals surface area contributed by atoms with Crippen molar-refractivity contribution in [3.63, 3.8) is 0 Å². The molecule has 0 radical (unpaired) electrons. The van der Waals surface area contributed by atoms with Crippen molar-refractivity contribution >= 4 is 64.4 Å². The number of amides is 3. The largest absolute Gasteiger partial charge is 0.292 e. The Labute approximate surface area is 292 Å². The molecule has 0 spiro atoms. The van der Waals surface area contributed by atoms with Gasteiger partial charge >= 0.3 is 0 Å². The number of benzene rings is 3. The van der Waals surface area contributed by atoms with Gasteiger partial charge in [0.05, 0.1) is 11.2 Å². The van der Waals surface area contributed by atoms with E-state index in [0.717, 1.165) is 21.6 Å². The second-order valence-corrected chi connectivity index (χ2v) is 11.2. The summed E-state index contributed by atoms with van der Waals surface area (Å²) in [6.45, 7) is 0. The number of aromatic nitrogens is 5. The lowest BCUT2D eigenvalue weighted by molar-refractivity contribution is -0.121. The average Bonchev–Trinajstić information content (AvgIpc) is 3.52. The highest BCUT2D eigenvalue weighted by molar-refractivity contribution is 6.22. The lowest BCUT2D eigenvalue weighted by Gasteiger charge is -2.16. The highest BCUT2D eigenvalue weighted by Gasteiger charge is 2.25. The van der Waals surface area contributed by atoms with Crippen molar-refractivity contribution in [1.29, 1.82) is 0 Å². The van der Waals surface area contributed by atoms with Gasteiger partial charge in [0.2, 0.25) is 11.9 Å². The van der Waals surface area contributed by atoms with Crippen LogP contribution in [0.3, 0.4) is 0 Å². The molecule has 51 heavy (non-hydrogen) atoms. The van der Waals surface area contributed by atoms with Gasteiger partial charge in [0.1, 0.15) is 5.65 Å². The minimum Gasteiger partial charge on any atom is -0.292 e. The normalized spacial score (nSPS) is 11.5. The molecule has 1 N–H and O–H groups in total. The second-order valence-electron chi connectivity index (χ2n) is 11.2. The van der Waals surface area contributed by atoms with E-state index in [9.17, 15) is 14.4 Å². The number of hydrogen-bond acceptors (Lipinski definition) is 7. The van der Waals surface area contributed by atoms with Crippen LogP contribution in [0.1, 0.15) is 16.7 Å². The van der Waals surface area contributed by atoms with Crippen LogP contribution in [0.25, 0.3) is 46.0 Å². The number of carbonyl (C=O) groups excluding carboxylic acids is 3. The van der Waals surface area contributed by atoms with Crippen molar-refractivity contribution in [3.05, 3.63) is 169 Å². The Morgan fingerprint density at radius 1 is 0.588 bits per heavy atom. The summed E-state index contributed by atoms with van der Waals surface area (Å²) in [5.74, 6) is -1.47. The Kier molecular flexibility index (Phi) is 9.37. The van der Waals surface area contributed by atoms with Gasteiger partial charge in [0, 0.05) is 47.8 Å². The summed E-state index contributed by atoms with van der Waals surface area (Å²) in [5, 5.41) is 3.58. The number of imide groups is 1. The molecule has 3 amide bonds. The zero-order valence-corrected chi connectivity index (χ0v) is 27.1. The Morgan fingerprint density at radius 2 is 1.16 bits per heavy atom. The predicted octanol–water partition coefficient (Wildman–Crippen LogP) is 7.28. The molecule has 0 unspecified atom stereocenters. The molecule has 4 heterocycles. The quantitative estimate of drug-likeness (QED) is 0.161. The van der Waals surface area contributed by atoms with Crippen molar-refractivity contribution in [2.75, 3.05) is 10.2 Å². The third-order valence-corrected chi connectivity index (χ3v) is 7.84. The summed E-state index contributed by atoms with van der Waals surface area (Å²) in [6, 6.07) is 35.2. The molecular weight excluding hydrogens is 638 g/mol. The highest BCUT2D eigenvalue weighted by Crippen LogP contribution is 2.35. The third-order valence-electron chi connectivity index (χ3n) is 7.84. The molecule has 7 rings (SSSR count). The maximum absolute atomic E-state index is 13.7. The van der Waals surface area contributed by atoms with E-state index in [1.54, 1.807) is 53.2 Å². The molecule has 0 saturated heterocycles. The summed E-state index contributed by atoms with van der Waals surface area (Å²) in [7, 11) is 0. The van der Waals surface area contributed by atoms with Crippen molar-refractivity contribution < 1.29 is 14.4 Å². The fourth-order valence-corrected chi connectivity index (χ4v) is 5.50. The van der Waals surface area contributed by atoms with Crippen LogP contribution >= 0.6 is 0 Å². The Bertz CT molecular complexity index is 2390. The molecule has 0 saturated carbocycles. The standard InChI is InChI=1S/C41H29N7O3/c49-35(21-18-29-11-4-1-5-12-29)46-41-44-28-25-34-38(32-17-10-26-42-39(32)47(34)41)33-24-27-43-40(45-33)48(36(50)22-19-30-13-6-2-7-14-30)37(51)23-20-31-15-8-3-9-16-31/h1-28H,(H,44,46,49). The summed E-state index contributed by atoms with van der Waals surface area (Å²) >= 11 is 0. The van der Waals surface area contributed by atoms with Gasteiger partial charge in [-0.2, -0.15) is 0 Å². The van der Waals surface area contributed by atoms with Gasteiger partial charge in [-0.15, -0.1) is 0 Å². The Hall–Kier alpha value is -7.33. The summed E-state index contributed by atoms with van der Waals surface area (Å²) in [4.78, 5) is 59.6. The number of nitrogens with zero attached hydrogens (tertiary/aromatic N) is 6. The smallest absolute Gasteiger partial charge is 0.260 e. The summed E-state index contributed by atoms with van der Waals surface area (Å²) < 4.78 is 1.74. The van der Waals surface area contributed by atoms with Crippen LogP contribution in [0, 0.1) is 0 Å². The van der Waals surface area contributed by atoms with Crippen LogP contribution in [0.15, 0.2) is 152 Å². The number of fused-ring (bicyclic) bond motifs is 3. The summed E-state index contributed by atoms with van der Waals surface area (Å²) in [5.41, 5.74) is 4.71. The number of carbonyl (C=O) groups is 3. The Morgan fingerprint density at radius 3 is 1.76 bits per heavy atom. The molecule has 3 aromatic carbocycles. The molecule has 10 nitrogen and oxygen atoms in total. The van der Waals surface area contributed by atoms with Gasteiger partial charge in [-0.1, -0.05) is 91.0 Å². The van der Waals surface area contributed by atoms with Crippen molar-refractivity contribution in [1.82, 2.24) is 24.3 Å². The van der Waals surface area contributed by atoms with Gasteiger partial charge in [-0.25, -0.2) is 24.8 Å². The number of anilines is 2. The lowest BCUT2D eigenvalue weighted by atomic mass is 10.1. The zero-order valence-electron chi connectivity index (χ0n) is 27.1. The first-order valence-electron chi connectivity index (χ1n) is 16.0. The molecule has 0 aliphatic rings. The fourth-order valence-electron chi connectivity index (χ4n) is 5.50. The molecule has 0 fully saturated rings. The minimum atomic E-state index is -0.621. The number of hydrogen-bond donors (Lipinski definition) is 1. The molecule has 0 bridgehead atoms. The first kappa shape index (κ1) is 32.2. The minimum absolute atomic E-state index is 0.108. The molecular formula is C41H29N7O3. The Balaban J connectivity index is 1.28. The molecule has 0 aliphatic heterocycles. The fraction of sp³-hybridized carbons (Fsp3) is 0. The third kappa shape index (κ3) is 7.25. The van der Waals surface area contributed by atoms with E-state index in [4.69, 9.17) is 4.98 Å². The van der Waals surface area contributed by atoms with Gasteiger partial charge < -0.3 is 0 Å². The van der Waals surface area contributed by atoms with E-state index in [1.165, 1.54) is 24.4 Å². The van der Waals surface area contributed by atoms with Crippen LogP contribution in [0.4, 0.5) is 11.9 Å². The van der Waals surface area contributed by atoms with E-state index in [2.05, 4.69) is 20.3 Å². The van der Waals surface area contributed by atoms with Crippen molar-refractivity contribution in [2.45, 2.75) is 0 Å². The SMILES string of the molecule is O=C(C=Cc1ccccc1)Nc1nccc2c(-c3ccnc(N(C(=O)C=Cc4ccccc4)C(=O)C=Cc4ccccc4)n3)c3cccnc3n12. The maximum atomic E-state index is 13.7. The monoisotopic (exact) mass is 667 g/mol. The molecule has 10 heteroatoms. The van der Waals surface area contributed by atoms with Gasteiger partial charge in [-0.3, -0.25) is 24.1 Å². The van der Waals surface area contributed by atoms with Crippen LogP contribution in [-0.4, -0.2) is 42.1 Å². The van der Waals surface area contributed by atoms with Gasteiger partial charge in [-0.05, 0) is 59.2 Å². The van der Waals surface area contributed by atoms with E-state index < -0.39 is 11.8 Å². The first-order chi connectivity index (χ1) is 25.0. The van der Waals surface area contributed by atoms with Crippen LogP contribution in [0.2, 0.25) is 0 Å². The summed E-state index contributed by atoms with van der Waals surface area (Å²) in [6.07, 6.45) is 13.8. The van der Waals surface area contributed by atoms with Crippen LogP contribution < -0.4 is 10.2 Å². The van der Waals surface area contributed by atoms with Gasteiger partial charge in [0.25, 0.3) is 17.7 Å². The molecule has 0 aliphatic carbocycles. The van der Waals surface area contributed by atoms with E-state index in [1.807, 2.05) is 97.1 Å². The van der Waals surface area contributed by atoms with Crippen LogP contribution in [0.5, 0.6) is 0 Å². The van der Waals surface area contributed by atoms with E-state index >= 15 is 0 Å². The first-order valence-corrected chi connectivity index (χ1v) is 16.0. The zero-order chi connectivity index (χ0) is 35.0. The van der Waals surface area contributed by atoms with E-state index in [-0.39, 0.29) is 17.8 Å². The van der Waals surface area contributed by atoms with Crippen molar-refractivity contribution in [3.8, 4) is 11.3 Å². The molecule has 0 atom stereocenters. The topological polar surface area (TPSA) is 122 Å². The molecule has 4 aromatic heterocycles. The van der Waals surface area contributed by atoms with Crippen LogP contribution in [-0.2, 0) is 14.4 Å². The molecule has 7 aromatic rings. The lowest BCUT2D eigenvalue weighted by Crippen LogP contribution is -2.36.